The SMILES string of the molecule is COC(=O)c1cccc(NC(=O)c2ccnc(N3CCN(C)CC3)n2)c1. The van der Waals surface area contributed by atoms with Crippen LogP contribution in [0.15, 0.2) is 36.5 Å². The minimum atomic E-state index is -0.458. The number of carbonyl (C=O) groups is 2. The molecular weight excluding hydrogens is 334 g/mol. The summed E-state index contributed by atoms with van der Waals surface area (Å²) in [6.07, 6.45) is 1.58. The number of rotatable bonds is 4. The summed E-state index contributed by atoms with van der Waals surface area (Å²) in [4.78, 5) is 37.1. The normalized spacial score (nSPS) is 14.8. The average molecular weight is 355 g/mol. The van der Waals surface area contributed by atoms with E-state index >= 15 is 0 Å². The lowest BCUT2D eigenvalue weighted by atomic mass is 10.2. The summed E-state index contributed by atoms with van der Waals surface area (Å²) in [6.45, 7) is 3.51. The molecule has 1 aliphatic rings. The number of esters is 1. The smallest absolute Gasteiger partial charge is 0.337 e. The summed E-state index contributed by atoms with van der Waals surface area (Å²) < 4.78 is 4.69. The molecule has 1 aromatic heterocycles. The van der Waals surface area contributed by atoms with E-state index in [4.69, 9.17) is 4.74 Å². The third kappa shape index (κ3) is 4.15. The summed E-state index contributed by atoms with van der Waals surface area (Å²) in [5, 5.41) is 2.75. The molecule has 2 heterocycles. The van der Waals surface area contributed by atoms with Crippen LogP contribution in [0, 0.1) is 0 Å². The van der Waals surface area contributed by atoms with Gasteiger partial charge in [-0.2, -0.15) is 0 Å². The minimum Gasteiger partial charge on any atom is -0.465 e. The van der Waals surface area contributed by atoms with Crippen LogP contribution < -0.4 is 10.2 Å². The van der Waals surface area contributed by atoms with Gasteiger partial charge in [-0.3, -0.25) is 4.79 Å². The van der Waals surface area contributed by atoms with Gasteiger partial charge in [0.15, 0.2) is 0 Å². The molecule has 0 atom stereocenters. The van der Waals surface area contributed by atoms with Crippen LogP contribution in [-0.4, -0.2) is 67.1 Å². The predicted octanol–water partition coefficient (Wildman–Crippen LogP) is 1.27. The molecule has 1 N–H and O–H groups in total. The number of hydrogen-bond acceptors (Lipinski definition) is 7. The number of amides is 1. The molecule has 0 bridgehead atoms. The van der Waals surface area contributed by atoms with Crippen molar-refractivity contribution in [2.45, 2.75) is 0 Å². The monoisotopic (exact) mass is 355 g/mol. The molecule has 3 rings (SSSR count). The van der Waals surface area contributed by atoms with E-state index in [2.05, 4.69) is 32.1 Å². The molecule has 1 aromatic carbocycles. The third-order valence-electron chi connectivity index (χ3n) is 4.20. The Bertz CT molecular complexity index is 803. The number of nitrogens with one attached hydrogen (secondary N) is 1. The molecule has 26 heavy (non-hydrogen) atoms. The third-order valence-corrected chi connectivity index (χ3v) is 4.20. The van der Waals surface area contributed by atoms with Gasteiger partial charge in [0.1, 0.15) is 5.69 Å². The first-order valence-electron chi connectivity index (χ1n) is 8.33. The van der Waals surface area contributed by atoms with Gasteiger partial charge in [0.05, 0.1) is 12.7 Å². The Morgan fingerprint density at radius 3 is 2.65 bits per heavy atom. The molecule has 1 fully saturated rings. The highest BCUT2D eigenvalue weighted by molar-refractivity contribution is 6.03. The van der Waals surface area contributed by atoms with Crippen molar-refractivity contribution in [1.29, 1.82) is 0 Å². The van der Waals surface area contributed by atoms with Crippen molar-refractivity contribution in [2.75, 3.05) is 50.6 Å². The quantitative estimate of drug-likeness (QED) is 0.826. The van der Waals surface area contributed by atoms with E-state index in [0.717, 1.165) is 26.2 Å². The topological polar surface area (TPSA) is 87.7 Å². The van der Waals surface area contributed by atoms with Gasteiger partial charge in [0.2, 0.25) is 5.95 Å². The number of aromatic nitrogens is 2. The summed E-state index contributed by atoms with van der Waals surface area (Å²) in [5.74, 6) is -0.264. The average Bonchev–Trinajstić information content (AvgIpc) is 2.68. The Morgan fingerprint density at radius 1 is 1.15 bits per heavy atom. The van der Waals surface area contributed by atoms with Gasteiger partial charge in [-0.1, -0.05) is 6.07 Å². The number of ether oxygens (including phenoxy) is 1. The highest BCUT2D eigenvalue weighted by Gasteiger charge is 2.18. The summed E-state index contributed by atoms with van der Waals surface area (Å²) in [6, 6.07) is 8.13. The van der Waals surface area contributed by atoms with Gasteiger partial charge < -0.3 is 19.9 Å². The zero-order valence-electron chi connectivity index (χ0n) is 14.8. The summed E-state index contributed by atoms with van der Waals surface area (Å²) in [7, 11) is 3.39. The second-order valence-electron chi connectivity index (χ2n) is 6.06. The maximum Gasteiger partial charge on any atom is 0.337 e. The van der Waals surface area contributed by atoms with E-state index in [0.29, 0.717) is 17.2 Å². The molecule has 0 radical (unpaired) electrons. The van der Waals surface area contributed by atoms with Gasteiger partial charge >= 0.3 is 5.97 Å². The van der Waals surface area contributed by atoms with Crippen LogP contribution in [0.5, 0.6) is 0 Å². The van der Waals surface area contributed by atoms with Crippen molar-refractivity contribution in [3.63, 3.8) is 0 Å². The van der Waals surface area contributed by atoms with Gasteiger partial charge in [0, 0.05) is 38.1 Å². The summed E-state index contributed by atoms with van der Waals surface area (Å²) >= 11 is 0. The van der Waals surface area contributed by atoms with Crippen LogP contribution in [0.1, 0.15) is 20.8 Å². The molecule has 1 saturated heterocycles. The molecule has 136 valence electrons. The number of carbonyl (C=O) groups excluding carboxylic acids is 2. The van der Waals surface area contributed by atoms with Gasteiger partial charge in [-0.15, -0.1) is 0 Å². The van der Waals surface area contributed by atoms with Crippen LogP contribution >= 0.6 is 0 Å². The van der Waals surface area contributed by atoms with Gasteiger partial charge in [0.25, 0.3) is 5.91 Å². The van der Waals surface area contributed by atoms with Crippen LogP contribution in [0.25, 0.3) is 0 Å². The molecule has 0 saturated carbocycles. The molecular formula is C18H21N5O3. The second kappa shape index (κ2) is 7.92. The second-order valence-corrected chi connectivity index (χ2v) is 6.06. The number of methoxy groups -OCH3 is 1. The van der Waals surface area contributed by atoms with Crippen molar-refractivity contribution < 1.29 is 14.3 Å². The first-order valence-corrected chi connectivity index (χ1v) is 8.33. The Hall–Kier alpha value is -3.00. The first-order chi connectivity index (χ1) is 12.6. The molecule has 8 heteroatoms. The number of benzene rings is 1. The van der Waals surface area contributed by atoms with Crippen LogP contribution in [0.3, 0.4) is 0 Å². The largest absolute Gasteiger partial charge is 0.465 e. The first kappa shape index (κ1) is 17.8. The fraction of sp³-hybridized carbons (Fsp3) is 0.333. The van der Waals surface area contributed by atoms with Crippen molar-refractivity contribution in [3.05, 3.63) is 47.8 Å². The predicted molar refractivity (Wildman–Crippen MR) is 97.5 cm³/mol. The van der Waals surface area contributed by atoms with Crippen molar-refractivity contribution in [3.8, 4) is 0 Å². The fourth-order valence-corrected chi connectivity index (χ4v) is 2.67. The maximum atomic E-state index is 12.5. The molecule has 0 unspecified atom stereocenters. The number of likely N-dealkylation sites (N-methyl/N-ethyl adjacent to an activating group) is 1. The number of piperazine rings is 1. The van der Waals surface area contributed by atoms with Crippen molar-refractivity contribution in [1.82, 2.24) is 14.9 Å². The lowest BCUT2D eigenvalue weighted by molar-refractivity contribution is 0.0600. The highest BCUT2D eigenvalue weighted by atomic mass is 16.5. The molecule has 0 aliphatic carbocycles. The van der Waals surface area contributed by atoms with Crippen LogP contribution in [-0.2, 0) is 4.74 Å². The van der Waals surface area contributed by atoms with Crippen LogP contribution in [0.4, 0.5) is 11.6 Å². The van der Waals surface area contributed by atoms with E-state index in [1.54, 1.807) is 36.5 Å². The van der Waals surface area contributed by atoms with E-state index < -0.39 is 5.97 Å². The van der Waals surface area contributed by atoms with E-state index in [1.807, 2.05) is 0 Å². The molecule has 1 amide bonds. The molecule has 0 spiro atoms. The Labute approximate surface area is 151 Å². The lowest BCUT2D eigenvalue weighted by Crippen LogP contribution is -2.45. The van der Waals surface area contributed by atoms with Crippen molar-refractivity contribution >= 4 is 23.5 Å². The standard InChI is InChI=1S/C18H21N5O3/c1-22-8-10-23(11-9-22)18-19-7-6-15(21-18)16(24)20-14-5-3-4-13(12-14)17(25)26-2/h3-7,12H,8-11H2,1-2H3,(H,20,24). The Morgan fingerprint density at radius 2 is 1.92 bits per heavy atom. The van der Waals surface area contributed by atoms with E-state index in [1.165, 1.54) is 7.11 Å². The minimum absolute atomic E-state index is 0.275. The van der Waals surface area contributed by atoms with Gasteiger partial charge in [-0.25, -0.2) is 14.8 Å². The maximum absolute atomic E-state index is 12.5. The number of hydrogen-bond donors (Lipinski definition) is 1. The fourth-order valence-electron chi connectivity index (χ4n) is 2.67. The van der Waals surface area contributed by atoms with Crippen LogP contribution in [0.2, 0.25) is 0 Å². The Balaban J connectivity index is 1.72. The molecule has 2 aromatic rings. The molecule has 1 aliphatic heterocycles. The zero-order chi connectivity index (χ0) is 18.5. The summed E-state index contributed by atoms with van der Waals surface area (Å²) in [5.41, 5.74) is 1.14. The van der Waals surface area contributed by atoms with Gasteiger partial charge in [-0.05, 0) is 31.3 Å². The zero-order valence-corrected chi connectivity index (χ0v) is 14.8. The Kier molecular flexibility index (Phi) is 5.43. The number of anilines is 2. The lowest BCUT2D eigenvalue weighted by Gasteiger charge is -2.32. The van der Waals surface area contributed by atoms with E-state index in [9.17, 15) is 9.59 Å². The van der Waals surface area contributed by atoms with Crippen molar-refractivity contribution in [2.24, 2.45) is 0 Å². The number of nitrogens with zero attached hydrogens (tertiary/aromatic N) is 4. The molecule has 8 nitrogen and oxygen atoms in total. The highest BCUT2D eigenvalue weighted by Crippen LogP contribution is 2.14. The van der Waals surface area contributed by atoms with E-state index in [-0.39, 0.29) is 11.6 Å².